The molecule has 0 bridgehead atoms. The van der Waals surface area contributed by atoms with Crippen molar-refractivity contribution >= 4 is 11.9 Å². The van der Waals surface area contributed by atoms with Crippen LogP contribution >= 0.6 is 0 Å². The highest BCUT2D eigenvalue weighted by atomic mass is 19.1. The van der Waals surface area contributed by atoms with Crippen molar-refractivity contribution in [1.29, 1.82) is 0 Å². The number of rotatable bonds is 2. The Kier molecular flexibility index (Phi) is 3.88. The van der Waals surface area contributed by atoms with E-state index in [9.17, 15) is 14.0 Å². The molecule has 0 N–H and O–H groups in total. The van der Waals surface area contributed by atoms with Crippen molar-refractivity contribution in [2.75, 3.05) is 32.8 Å². The monoisotopic (exact) mass is 292 g/mol. The molecule has 3 rings (SSSR count). The molecule has 0 saturated carbocycles. The van der Waals surface area contributed by atoms with Crippen molar-refractivity contribution in [3.05, 3.63) is 35.6 Å². The van der Waals surface area contributed by atoms with Crippen molar-refractivity contribution in [1.82, 2.24) is 9.80 Å². The van der Waals surface area contributed by atoms with E-state index in [1.54, 1.807) is 4.90 Å². The summed E-state index contributed by atoms with van der Waals surface area (Å²) >= 11 is 0. The fraction of sp³-hybridized carbons (Fsp3) is 0.467. The molecule has 2 aliphatic heterocycles. The lowest BCUT2D eigenvalue weighted by molar-refractivity contribution is -0.142. The Morgan fingerprint density at radius 2 is 1.81 bits per heavy atom. The van der Waals surface area contributed by atoms with E-state index in [0.717, 1.165) is 6.42 Å². The second-order valence-electron chi connectivity index (χ2n) is 5.31. The predicted octanol–water partition coefficient (Wildman–Crippen LogP) is 0.899. The molecule has 0 aromatic heterocycles. The molecule has 0 spiro atoms. The lowest BCUT2D eigenvalue weighted by Gasteiger charge is -2.36. The summed E-state index contributed by atoms with van der Waals surface area (Å²) in [6, 6.07) is 5.42. The fourth-order valence-corrected chi connectivity index (χ4v) is 2.83. The molecule has 2 saturated heterocycles. The van der Waals surface area contributed by atoms with Crippen LogP contribution in [0.3, 0.4) is 0 Å². The lowest BCUT2D eigenvalue weighted by atomic mass is 10.1. The Morgan fingerprint density at radius 1 is 1.14 bits per heavy atom. The molecule has 2 heterocycles. The van der Waals surface area contributed by atoms with Crippen molar-refractivity contribution in [2.45, 2.75) is 12.5 Å². The van der Waals surface area contributed by atoms with Gasteiger partial charge in [-0.15, -0.1) is 0 Å². The third-order valence-electron chi connectivity index (χ3n) is 4.04. The molecule has 5 nitrogen and oxygen atoms in total. The van der Waals surface area contributed by atoms with Gasteiger partial charge in [0.25, 0.3) is 5.91 Å². The van der Waals surface area contributed by atoms with Gasteiger partial charge in [-0.25, -0.2) is 4.39 Å². The third-order valence-corrected chi connectivity index (χ3v) is 4.04. The SMILES string of the molecule is O=C1OCC[C@H]1N1CCN(C(=O)c2ccc(F)cc2)CC1. The van der Waals surface area contributed by atoms with Crippen LogP contribution in [-0.2, 0) is 9.53 Å². The quantitative estimate of drug-likeness (QED) is 0.760. The number of carbonyl (C=O) groups is 2. The van der Waals surface area contributed by atoms with Crippen LogP contribution < -0.4 is 0 Å². The molecule has 2 fully saturated rings. The highest BCUT2D eigenvalue weighted by Crippen LogP contribution is 2.17. The first kappa shape index (κ1) is 14.0. The molecule has 0 unspecified atom stereocenters. The predicted molar refractivity (Wildman–Crippen MR) is 73.2 cm³/mol. The fourth-order valence-electron chi connectivity index (χ4n) is 2.83. The van der Waals surface area contributed by atoms with Crippen LogP contribution in [0, 0.1) is 5.82 Å². The van der Waals surface area contributed by atoms with E-state index < -0.39 is 0 Å². The average Bonchev–Trinajstić information content (AvgIpc) is 2.94. The highest BCUT2D eigenvalue weighted by Gasteiger charge is 2.34. The summed E-state index contributed by atoms with van der Waals surface area (Å²) in [4.78, 5) is 27.7. The Hall–Kier alpha value is -1.95. The van der Waals surface area contributed by atoms with Gasteiger partial charge in [0.2, 0.25) is 0 Å². The molecule has 0 aliphatic carbocycles. The topological polar surface area (TPSA) is 49.9 Å². The number of hydrogen-bond donors (Lipinski definition) is 0. The summed E-state index contributed by atoms with van der Waals surface area (Å²) in [5.41, 5.74) is 0.491. The van der Waals surface area contributed by atoms with Gasteiger partial charge in [-0.05, 0) is 24.3 Å². The number of nitrogens with zero attached hydrogens (tertiary/aromatic N) is 2. The molecule has 1 aromatic rings. The lowest BCUT2D eigenvalue weighted by Crippen LogP contribution is -2.53. The zero-order chi connectivity index (χ0) is 14.8. The number of carbonyl (C=O) groups excluding carboxylic acids is 2. The second kappa shape index (κ2) is 5.81. The van der Waals surface area contributed by atoms with Crippen LogP contribution in [-0.4, -0.2) is 60.5 Å². The standard InChI is InChI=1S/C15H17FN2O3/c16-12-3-1-11(2-4-12)14(19)18-8-6-17(7-9-18)13-5-10-21-15(13)20/h1-4,13H,5-10H2/t13-/m1/s1. The number of piperazine rings is 1. The molecular weight excluding hydrogens is 275 g/mol. The van der Waals surface area contributed by atoms with Gasteiger partial charge in [-0.1, -0.05) is 0 Å². The minimum atomic E-state index is -0.351. The van der Waals surface area contributed by atoms with Crippen LogP contribution in [0.2, 0.25) is 0 Å². The van der Waals surface area contributed by atoms with E-state index in [2.05, 4.69) is 4.90 Å². The maximum atomic E-state index is 12.9. The summed E-state index contributed by atoms with van der Waals surface area (Å²) in [6.07, 6.45) is 0.727. The Morgan fingerprint density at radius 3 is 2.38 bits per heavy atom. The first-order valence-corrected chi connectivity index (χ1v) is 7.11. The van der Waals surface area contributed by atoms with Gasteiger partial charge in [0.1, 0.15) is 11.9 Å². The van der Waals surface area contributed by atoms with E-state index in [4.69, 9.17) is 4.74 Å². The van der Waals surface area contributed by atoms with E-state index in [0.29, 0.717) is 38.3 Å². The number of amides is 1. The molecule has 1 amide bonds. The smallest absolute Gasteiger partial charge is 0.323 e. The van der Waals surface area contributed by atoms with Gasteiger partial charge in [0.15, 0.2) is 0 Å². The summed E-state index contributed by atoms with van der Waals surface area (Å²) in [7, 11) is 0. The maximum absolute atomic E-state index is 12.9. The van der Waals surface area contributed by atoms with Crippen molar-refractivity contribution in [3.63, 3.8) is 0 Å². The molecule has 1 atom stereocenters. The Labute approximate surface area is 122 Å². The largest absolute Gasteiger partial charge is 0.464 e. The first-order chi connectivity index (χ1) is 10.1. The minimum absolute atomic E-state index is 0.0938. The average molecular weight is 292 g/mol. The molecule has 1 aromatic carbocycles. The van der Waals surface area contributed by atoms with Crippen molar-refractivity contribution < 1.29 is 18.7 Å². The van der Waals surface area contributed by atoms with Gasteiger partial charge >= 0.3 is 5.97 Å². The highest BCUT2D eigenvalue weighted by molar-refractivity contribution is 5.94. The maximum Gasteiger partial charge on any atom is 0.323 e. The number of benzene rings is 1. The number of esters is 1. The van der Waals surface area contributed by atoms with Gasteiger partial charge < -0.3 is 9.64 Å². The summed E-state index contributed by atoms with van der Waals surface area (Å²) in [5.74, 6) is -0.604. The molecule has 6 heteroatoms. The van der Waals surface area contributed by atoms with Gasteiger partial charge in [0.05, 0.1) is 6.61 Å². The Balaban J connectivity index is 1.59. The normalized spacial score (nSPS) is 23.2. The summed E-state index contributed by atoms with van der Waals surface area (Å²) in [5, 5.41) is 0. The number of halogens is 1. The van der Waals surface area contributed by atoms with Crippen LogP contribution in [0.25, 0.3) is 0 Å². The van der Waals surface area contributed by atoms with Crippen LogP contribution in [0.5, 0.6) is 0 Å². The van der Waals surface area contributed by atoms with Gasteiger partial charge in [-0.2, -0.15) is 0 Å². The van der Waals surface area contributed by atoms with E-state index in [1.807, 2.05) is 0 Å². The van der Waals surface area contributed by atoms with E-state index in [1.165, 1.54) is 24.3 Å². The van der Waals surface area contributed by atoms with E-state index in [-0.39, 0.29) is 23.7 Å². The number of cyclic esters (lactones) is 1. The van der Waals surface area contributed by atoms with Crippen LogP contribution in [0.4, 0.5) is 4.39 Å². The minimum Gasteiger partial charge on any atom is -0.464 e. The molecule has 21 heavy (non-hydrogen) atoms. The van der Waals surface area contributed by atoms with Crippen molar-refractivity contribution in [2.24, 2.45) is 0 Å². The van der Waals surface area contributed by atoms with Gasteiger partial charge in [-0.3, -0.25) is 14.5 Å². The Bertz CT molecular complexity index is 538. The summed E-state index contributed by atoms with van der Waals surface area (Å²) in [6.45, 7) is 2.94. The van der Waals surface area contributed by atoms with Crippen LogP contribution in [0.15, 0.2) is 24.3 Å². The number of ether oxygens (including phenoxy) is 1. The molecular formula is C15H17FN2O3. The first-order valence-electron chi connectivity index (χ1n) is 7.11. The zero-order valence-corrected chi connectivity index (χ0v) is 11.6. The third kappa shape index (κ3) is 2.90. The van der Waals surface area contributed by atoms with Crippen LogP contribution in [0.1, 0.15) is 16.8 Å². The molecule has 112 valence electrons. The number of hydrogen-bond acceptors (Lipinski definition) is 4. The zero-order valence-electron chi connectivity index (χ0n) is 11.6. The van der Waals surface area contributed by atoms with Gasteiger partial charge in [0, 0.05) is 38.2 Å². The molecule has 0 radical (unpaired) electrons. The molecule has 2 aliphatic rings. The second-order valence-corrected chi connectivity index (χ2v) is 5.31. The summed E-state index contributed by atoms with van der Waals surface area (Å²) < 4.78 is 17.9. The van der Waals surface area contributed by atoms with E-state index >= 15 is 0 Å². The van der Waals surface area contributed by atoms with Crippen molar-refractivity contribution in [3.8, 4) is 0 Å².